The van der Waals surface area contributed by atoms with Gasteiger partial charge in [-0.25, -0.2) is 0 Å². The van der Waals surface area contributed by atoms with E-state index in [9.17, 15) is 0 Å². The zero-order chi connectivity index (χ0) is 6.41. The van der Waals surface area contributed by atoms with Gasteiger partial charge in [0.15, 0.2) is 0 Å². The van der Waals surface area contributed by atoms with Crippen LogP contribution in [-0.4, -0.2) is 4.32 Å². The van der Waals surface area contributed by atoms with E-state index in [2.05, 4.69) is 12.2 Å². The summed E-state index contributed by atoms with van der Waals surface area (Å²) in [5.41, 5.74) is 5.07. The molecule has 0 fully saturated rings. The summed E-state index contributed by atoms with van der Waals surface area (Å²) in [6.07, 6.45) is 1.32. The van der Waals surface area contributed by atoms with Crippen molar-refractivity contribution in [1.82, 2.24) is 0 Å². The van der Waals surface area contributed by atoms with Gasteiger partial charge < -0.3 is 5.73 Å². The highest BCUT2D eigenvalue weighted by Crippen LogP contribution is 1.99. The number of thiocarbonyl (C=S) groups is 1. The Labute approximate surface area is 57.4 Å². The molecule has 0 aliphatic rings. The standard InChI is InChI=1S/C4H4N2S2/c5-2-1-3-8-4(6)7/h1,3H,(H2,6,7)/b3-1+. The van der Waals surface area contributed by atoms with Crippen molar-refractivity contribution in [2.45, 2.75) is 0 Å². The van der Waals surface area contributed by atoms with Crippen LogP contribution < -0.4 is 5.73 Å². The van der Waals surface area contributed by atoms with Crippen molar-refractivity contribution in [3.05, 3.63) is 11.5 Å². The SMILES string of the molecule is N#C/C=C/SC(N)=S. The molecule has 0 atom stereocenters. The molecule has 0 saturated heterocycles. The van der Waals surface area contributed by atoms with Crippen LogP contribution in [-0.2, 0) is 0 Å². The van der Waals surface area contributed by atoms with Gasteiger partial charge in [-0.1, -0.05) is 24.0 Å². The summed E-state index contributed by atoms with van der Waals surface area (Å²) in [6, 6.07) is 1.81. The average Bonchev–Trinajstić information content (AvgIpc) is 1.66. The lowest BCUT2D eigenvalue weighted by Gasteiger charge is -1.81. The van der Waals surface area contributed by atoms with E-state index in [0.29, 0.717) is 4.32 Å². The van der Waals surface area contributed by atoms with E-state index in [1.807, 2.05) is 0 Å². The molecule has 0 unspecified atom stereocenters. The van der Waals surface area contributed by atoms with Crippen LogP contribution in [0.1, 0.15) is 0 Å². The molecule has 42 valence electrons. The van der Waals surface area contributed by atoms with Crippen LogP contribution in [0.3, 0.4) is 0 Å². The molecular weight excluding hydrogens is 140 g/mol. The van der Waals surface area contributed by atoms with Crippen molar-refractivity contribution < 1.29 is 0 Å². The lowest BCUT2D eigenvalue weighted by Crippen LogP contribution is -1.98. The molecule has 0 radical (unpaired) electrons. The lowest BCUT2D eigenvalue weighted by atomic mass is 10.7. The zero-order valence-corrected chi connectivity index (χ0v) is 5.63. The summed E-state index contributed by atoms with van der Waals surface area (Å²) in [4.78, 5) is 0. The van der Waals surface area contributed by atoms with E-state index in [0.717, 1.165) is 11.8 Å². The van der Waals surface area contributed by atoms with Gasteiger partial charge in [-0.15, -0.1) is 0 Å². The predicted molar refractivity (Wildman–Crippen MR) is 39.1 cm³/mol. The van der Waals surface area contributed by atoms with Crippen LogP contribution in [0.25, 0.3) is 0 Å². The van der Waals surface area contributed by atoms with Gasteiger partial charge in [0.2, 0.25) is 0 Å². The van der Waals surface area contributed by atoms with Crippen molar-refractivity contribution in [3.8, 4) is 6.07 Å². The monoisotopic (exact) mass is 144 g/mol. The fourth-order valence-corrected chi connectivity index (χ4v) is 0.561. The molecule has 0 aromatic rings. The third-order valence-corrected chi connectivity index (χ3v) is 1.12. The maximum Gasteiger partial charge on any atom is 0.135 e. The lowest BCUT2D eigenvalue weighted by molar-refractivity contribution is 1.54. The van der Waals surface area contributed by atoms with Crippen LogP contribution in [0.2, 0.25) is 0 Å². The minimum atomic E-state index is 0.330. The van der Waals surface area contributed by atoms with Gasteiger partial charge in [0.05, 0.1) is 6.07 Å². The Morgan fingerprint density at radius 1 is 1.88 bits per heavy atom. The minimum absolute atomic E-state index is 0.330. The molecule has 0 aromatic heterocycles. The second kappa shape index (κ2) is 4.62. The quantitative estimate of drug-likeness (QED) is 0.440. The van der Waals surface area contributed by atoms with Crippen molar-refractivity contribution >= 4 is 28.3 Å². The second-order valence-electron chi connectivity index (χ2n) is 0.869. The van der Waals surface area contributed by atoms with Crippen LogP contribution >= 0.6 is 24.0 Å². The Hall–Kier alpha value is -0.530. The molecule has 8 heavy (non-hydrogen) atoms. The number of nitrogens with zero attached hydrogens (tertiary/aromatic N) is 1. The fraction of sp³-hybridized carbons (Fsp3) is 0. The van der Waals surface area contributed by atoms with Crippen molar-refractivity contribution in [2.24, 2.45) is 5.73 Å². The summed E-state index contributed by atoms with van der Waals surface area (Å²) >= 11 is 5.65. The number of hydrogen-bond donors (Lipinski definition) is 1. The Bertz CT molecular complexity index is 145. The molecule has 2 nitrogen and oxygen atoms in total. The highest BCUT2D eigenvalue weighted by molar-refractivity contribution is 8.24. The molecular formula is C4H4N2S2. The van der Waals surface area contributed by atoms with E-state index in [1.165, 1.54) is 6.08 Å². The third kappa shape index (κ3) is 5.47. The van der Waals surface area contributed by atoms with Crippen molar-refractivity contribution in [2.75, 3.05) is 0 Å². The number of hydrogen-bond acceptors (Lipinski definition) is 3. The van der Waals surface area contributed by atoms with E-state index in [4.69, 9.17) is 11.0 Å². The first-order valence-corrected chi connectivity index (χ1v) is 3.07. The van der Waals surface area contributed by atoms with E-state index < -0.39 is 0 Å². The molecule has 0 aliphatic heterocycles. The van der Waals surface area contributed by atoms with Crippen molar-refractivity contribution in [1.29, 1.82) is 5.26 Å². The van der Waals surface area contributed by atoms with Crippen LogP contribution in [0.4, 0.5) is 0 Å². The Kier molecular flexibility index (Phi) is 4.32. The van der Waals surface area contributed by atoms with Gasteiger partial charge in [-0.2, -0.15) is 5.26 Å². The number of nitrogens with two attached hydrogens (primary N) is 1. The van der Waals surface area contributed by atoms with Crippen LogP contribution in [0.5, 0.6) is 0 Å². The number of nitriles is 1. The third-order valence-electron chi connectivity index (χ3n) is 0.327. The molecule has 0 rings (SSSR count). The topological polar surface area (TPSA) is 49.8 Å². The molecule has 0 spiro atoms. The Morgan fingerprint density at radius 2 is 2.50 bits per heavy atom. The minimum Gasteiger partial charge on any atom is -0.384 e. The summed E-state index contributed by atoms with van der Waals surface area (Å²) < 4.78 is 0.330. The van der Waals surface area contributed by atoms with Gasteiger partial charge >= 0.3 is 0 Å². The first-order valence-electron chi connectivity index (χ1n) is 1.78. The first kappa shape index (κ1) is 7.47. The Balaban J connectivity index is 3.34. The molecule has 2 N–H and O–H groups in total. The Morgan fingerprint density at radius 3 is 2.88 bits per heavy atom. The van der Waals surface area contributed by atoms with Crippen LogP contribution in [0, 0.1) is 11.3 Å². The molecule has 0 bridgehead atoms. The van der Waals surface area contributed by atoms with E-state index >= 15 is 0 Å². The van der Waals surface area contributed by atoms with Crippen molar-refractivity contribution in [3.63, 3.8) is 0 Å². The normalized spacial score (nSPS) is 8.88. The molecule has 4 heteroatoms. The maximum absolute atomic E-state index is 7.94. The largest absolute Gasteiger partial charge is 0.384 e. The van der Waals surface area contributed by atoms with Gasteiger partial charge in [-0.05, 0) is 5.41 Å². The predicted octanol–water partition coefficient (Wildman–Crippen LogP) is 1.00. The summed E-state index contributed by atoms with van der Waals surface area (Å²) in [7, 11) is 0. The van der Waals surface area contributed by atoms with Gasteiger partial charge in [0, 0.05) is 6.08 Å². The summed E-state index contributed by atoms with van der Waals surface area (Å²) in [5, 5.41) is 9.49. The molecule has 0 saturated carbocycles. The van der Waals surface area contributed by atoms with Gasteiger partial charge in [0.1, 0.15) is 4.32 Å². The number of allylic oxidation sites excluding steroid dienone is 1. The number of rotatable bonds is 1. The highest BCUT2D eigenvalue weighted by atomic mass is 32.2. The first-order chi connectivity index (χ1) is 3.77. The molecule has 0 aliphatic carbocycles. The maximum atomic E-state index is 7.94. The van der Waals surface area contributed by atoms with Crippen LogP contribution in [0.15, 0.2) is 11.5 Å². The second-order valence-corrected chi connectivity index (χ2v) is 2.51. The van der Waals surface area contributed by atoms with Gasteiger partial charge in [0.25, 0.3) is 0 Å². The van der Waals surface area contributed by atoms with E-state index in [-0.39, 0.29) is 0 Å². The summed E-state index contributed by atoms with van der Waals surface area (Å²) in [6.45, 7) is 0. The van der Waals surface area contributed by atoms with E-state index in [1.54, 1.807) is 11.5 Å². The zero-order valence-electron chi connectivity index (χ0n) is 4.00. The molecule has 0 amide bonds. The summed E-state index contributed by atoms with van der Waals surface area (Å²) in [5.74, 6) is 0. The smallest absolute Gasteiger partial charge is 0.135 e. The average molecular weight is 144 g/mol. The number of thioether (sulfide) groups is 1. The van der Waals surface area contributed by atoms with Gasteiger partial charge in [-0.3, -0.25) is 0 Å². The fourth-order valence-electron chi connectivity index (χ4n) is 0.132. The molecule has 0 aromatic carbocycles. The molecule has 0 heterocycles. The highest BCUT2D eigenvalue weighted by Gasteiger charge is 1.78.